The summed E-state index contributed by atoms with van der Waals surface area (Å²) in [5, 5.41) is 36.6. The number of nitrogens with zero attached hydrogens (tertiary/aromatic N) is 1. The van der Waals surface area contributed by atoms with E-state index in [4.69, 9.17) is 10.2 Å². The second-order valence-corrected chi connectivity index (χ2v) is 8.00. The number of carboxylic acid groups (broad SMARTS) is 2. The number of carboxylic acids is 2. The number of fused-ring (bicyclic) bond motifs is 1. The van der Waals surface area contributed by atoms with Gasteiger partial charge in [0.2, 0.25) is 0 Å². The van der Waals surface area contributed by atoms with Gasteiger partial charge in [-0.2, -0.15) is 0 Å². The second kappa shape index (κ2) is 14.1. The number of carbonyl (C=O) groups is 2. The highest BCUT2D eigenvalue weighted by molar-refractivity contribution is 7.99. The molecule has 0 aliphatic rings. The molecule has 174 valence electrons. The molecular formula is C25H27NO6S. The summed E-state index contributed by atoms with van der Waals surface area (Å²) in [7, 11) is 0. The number of aliphatic carboxylic acids is 2. The largest absolute Gasteiger partial charge is 0.478 e. The van der Waals surface area contributed by atoms with E-state index in [1.54, 1.807) is 11.8 Å². The fourth-order valence-corrected chi connectivity index (χ4v) is 4.16. The molecule has 0 aromatic heterocycles. The summed E-state index contributed by atoms with van der Waals surface area (Å²) in [6.45, 7) is 2.04. The van der Waals surface area contributed by atoms with Gasteiger partial charge in [-0.15, -0.1) is 0 Å². The van der Waals surface area contributed by atoms with Gasteiger partial charge in [0.1, 0.15) is 0 Å². The van der Waals surface area contributed by atoms with Crippen molar-refractivity contribution in [3.8, 4) is 0 Å². The zero-order valence-corrected chi connectivity index (χ0v) is 18.8. The van der Waals surface area contributed by atoms with Gasteiger partial charge in [-0.1, -0.05) is 66.4 Å². The Balaban J connectivity index is 0.000000414. The Hall–Kier alpha value is -3.17. The van der Waals surface area contributed by atoms with Gasteiger partial charge in [0.15, 0.2) is 0 Å². The third-order valence-electron chi connectivity index (χ3n) is 4.54. The molecule has 0 spiro atoms. The molecule has 3 aromatic carbocycles. The zero-order valence-electron chi connectivity index (χ0n) is 18.0. The first-order chi connectivity index (χ1) is 15.9. The van der Waals surface area contributed by atoms with Gasteiger partial charge in [-0.05, 0) is 28.5 Å². The minimum Gasteiger partial charge on any atom is -0.478 e. The molecule has 0 aliphatic carbocycles. The normalized spacial score (nSPS) is 10.9. The van der Waals surface area contributed by atoms with E-state index >= 15 is 0 Å². The topological polar surface area (TPSA) is 118 Å². The maximum absolute atomic E-state index is 9.55. The highest BCUT2D eigenvalue weighted by Gasteiger charge is 2.11. The maximum Gasteiger partial charge on any atom is 0.328 e. The zero-order chi connectivity index (χ0) is 24.1. The van der Waals surface area contributed by atoms with Crippen molar-refractivity contribution in [1.82, 2.24) is 4.90 Å². The first-order valence-corrected chi connectivity index (χ1v) is 11.1. The highest BCUT2D eigenvalue weighted by Crippen LogP contribution is 2.35. The Bertz CT molecular complexity index is 1060. The minimum atomic E-state index is -1.26. The first-order valence-electron chi connectivity index (χ1n) is 10.3. The Morgan fingerprint density at radius 1 is 0.758 bits per heavy atom. The summed E-state index contributed by atoms with van der Waals surface area (Å²) in [6, 6.07) is 23.2. The molecule has 0 aliphatic heterocycles. The van der Waals surface area contributed by atoms with E-state index in [-0.39, 0.29) is 13.2 Å². The van der Waals surface area contributed by atoms with Crippen LogP contribution in [0.15, 0.2) is 88.7 Å². The van der Waals surface area contributed by atoms with Gasteiger partial charge in [0.05, 0.1) is 13.2 Å². The van der Waals surface area contributed by atoms with Crippen molar-refractivity contribution in [3.63, 3.8) is 0 Å². The summed E-state index contributed by atoms with van der Waals surface area (Å²) in [5.74, 6) is -2.51. The number of benzene rings is 3. The van der Waals surface area contributed by atoms with E-state index in [1.165, 1.54) is 26.1 Å². The average molecular weight is 470 g/mol. The monoisotopic (exact) mass is 469 g/mol. The van der Waals surface area contributed by atoms with Crippen molar-refractivity contribution in [1.29, 1.82) is 0 Å². The van der Waals surface area contributed by atoms with Crippen molar-refractivity contribution in [3.05, 3.63) is 84.4 Å². The lowest BCUT2D eigenvalue weighted by molar-refractivity contribution is -0.134. The standard InChI is InChI=1S/C21H23NO2S.C4H4O4/c23-14-12-22(13-15-24)16-18-7-2-4-10-20(18)25-21-11-5-8-17-6-1-3-9-19(17)21;5-3(6)1-2-4(7)8/h1-11,23-24H,12-16H2;1-2H,(H,5,6)(H,7,8)/b;2-1-. The van der Waals surface area contributed by atoms with Crippen LogP contribution in [0, 0.1) is 0 Å². The van der Waals surface area contributed by atoms with Crippen LogP contribution >= 0.6 is 11.8 Å². The molecule has 3 aromatic rings. The molecule has 0 unspecified atom stereocenters. The Labute approximate surface area is 196 Å². The fraction of sp³-hybridized carbons (Fsp3) is 0.200. The van der Waals surface area contributed by atoms with E-state index < -0.39 is 11.9 Å². The van der Waals surface area contributed by atoms with Gasteiger partial charge >= 0.3 is 11.9 Å². The Morgan fingerprint density at radius 2 is 1.30 bits per heavy atom. The molecule has 0 bridgehead atoms. The van der Waals surface area contributed by atoms with Crippen LogP contribution in [0.1, 0.15) is 5.56 Å². The van der Waals surface area contributed by atoms with Crippen LogP contribution in [0.25, 0.3) is 10.8 Å². The number of aliphatic hydroxyl groups excluding tert-OH is 2. The van der Waals surface area contributed by atoms with Crippen molar-refractivity contribution in [2.45, 2.75) is 16.3 Å². The number of hydrogen-bond donors (Lipinski definition) is 4. The summed E-state index contributed by atoms with van der Waals surface area (Å²) in [4.78, 5) is 23.6. The van der Waals surface area contributed by atoms with Crippen LogP contribution < -0.4 is 0 Å². The Kier molecular flexibility index (Phi) is 11.1. The average Bonchev–Trinajstić information content (AvgIpc) is 2.80. The lowest BCUT2D eigenvalue weighted by atomic mass is 10.1. The molecule has 0 atom stereocenters. The smallest absolute Gasteiger partial charge is 0.328 e. The van der Waals surface area contributed by atoms with E-state index in [1.807, 2.05) is 6.07 Å². The van der Waals surface area contributed by atoms with E-state index in [0.717, 1.165) is 6.54 Å². The van der Waals surface area contributed by atoms with Crippen LogP contribution in [0.3, 0.4) is 0 Å². The van der Waals surface area contributed by atoms with Crippen molar-refractivity contribution in [2.75, 3.05) is 26.3 Å². The molecule has 0 fully saturated rings. The molecule has 0 radical (unpaired) electrons. The lowest BCUT2D eigenvalue weighted by Gasteiger charge is -2.21. The predicted octanol–water partition coefficient (Wildman–Crippen LogP) is 3.49. The molecular weight excluding hydrogens is 442 g/mol. The van der Waals surface area contributed by atoms with E-state index in [0.29, 0.717) is 25.2 Å². The molecule has 0 saturated heterocycles. The van der Waals surface area contributed by atoms with Crippen molar-refractivity contribution < 1.29 is 30.0 Å². The molecule has 0 heterocycles. The van der Waals surface area contributed by atoms with Gasteiger partial charge in [-0.3, -0.25) is 4.90 Å². The number of rotatable bonds is 10. The van der Waals surface area contributed by atoms with Crippen LogP contribution in [0.5, 0.6) is 0 Å². The minimum absolute atomic E-state index is 0.0959. The van der Waals surface area contributed by atoms with E-state index in [9.17, 15) is 19.8 Å². The number of aliphatic hydroxyl groups is 2. The third-order valence-corrected chi connectivity index (χ3v) is 5.73. The lowest BCUT2D eigenvalue weighted by Crippen LogP contribution is -2.29. The van der Waals surface area contributed by atoms with Crippen molar-refractivity contribution >= 4 is 34.5 Å². The molecule has 7 nitrogen and oxygen atoms in total. The van der Waals surface area contributed by atoms with Crippen LogP contribution in [0.4, 0.5) is 0 Å². The summed E-state index contributed by atoms with van der Waals surface area (Å²) < 4.78 is 0. The summed E-state index contributed by atoms with van der Waals surface area (Å²) in [5.41, 5.74) is 1.21. The van der Waals surface area contributed by atoms with Gasteiger partial charge in [-0.25, -0.2) is 9.59 Å². The SMILES string of the molecule is O=C(O)/C=C\C(=O)O.OCCN(CCO)Cc1ccccc1Sc1cccc2ccccc12. The second-order valence-electron chi connectivity index (χ2n) is 6.92. The van der Waals surface area contributed by atoms with Gasteiger partial charge < -0.3 is 20.4 Å². The summed E-state index contributed by atoms with van der Waals surface area (Å²) in [6.07, 6.45) is 1.12. The molecule has 33 heavy (non-hydrogen) atoms. The number of hydrogen-bond acceptors (Lipinski definition) is 6. The molecule has 8 heteroatoms. The van der Waals surface area contributed by atoms with Crippen molar-refractivity contribution in [2.24, 2.45) is 0 Å². The fourth-order valence-electron chi connectivity index (χ4n) is 3.07. The summed E-state index contributed by atoms with van der Waals surface area (Å²) >= 11 is 1.77. The third kappa shape index (κ3) is 9.07. The van der Waals surface area contributed by atoms with E-state index in [2.05, 4.69) is 65.6 Å². The van der Waals surface area contributed by atoms with Gasteiger partial charge in [0.25, 0.3) is 0 Å². The first kappa shape index (κ1) is 26.1. The predicted molar refractivity (Wildman–Crippen MR) is 128 cm³/mol. The quantitative estimate of drug-likeness (QED) is 0.333. The van der Waals surface area contributed by atoms with Gasteiger partial charge in [0, 0.05) is 41.6 Å². The molecule has 0 amide bonds. The van der Waals surface area contributed by atoms with Crippen LogP contribution in [0.2, 0.25) is 0 Å². The molecule has 3 rings (SSSR count). The molecule has 0 saturated carbocycles. The van der Waals surface area contributed by atoms with Crippen LogP contribution in [-0.4, -0.2) is 63.6 Å². The highest BCUT2D eigenvalue weighted by atomic mass is 32.2. The van der Waals surface area contributed by atoms with Crippen LogP contribution in [-0.2, 0) is 16.1 Å². The maximum atomic E-state index is 9.55. The Morgan fingerprint density at radius 3 is 1.94 bits per heavy atom. The molecule has 4 N–H and O–H groups in total.